The van der Waals surface area contributed by atoms with Gasteiger partial charge in [0.25, 0.3) is 5.69 Å². The molecule has 0 aliphatic heterocycles. The average Bonchev–Trinajstić information content (AvgIpc) is 2.27. The molecule has 0 saturated heterocycles. The normalized spacial score (nSPS) is 12.7. The van der Waals surface area contributed by atoms with Crippen molar-refractivity contribution in [3.05, 3.63) is 33.9 Å². The number of halogens is 6. The van der Waals surface area contributed by atoms with E-state index < -0.39 is 41.4 Å². The van der Waals surface area contributed by atoms with Gasteiger partial charge in [-0.25, -0.2) is 0 Å². The second-order valence-corrected chi connectivity index (χ2v) is 3.88. The Hall–Kier alpha value is -2.04. The molecule has 0 unspecified atom stereocenters. The Morgan fingerprint density at radius 1 is 1.19 bits per heavy atom. The van der Waals surface area contributed by atoms with Crippen molar-refractivity contribution in [3.8, 4) is 0 Å². The van der Waals surface area contributed by atoms with Gasteiger partial charge < -0.3 is 10.5 Å². The lowest BCUT2D eigenvalue weighted by Gasteiger charge is -2.23. The van der Waals surface area contributed by atoms with E-state index in [4.69, 9.17) is 5.73 Å². The molecule has 0 bridgehead atoms. The number of nitro benzene ring substituents is 1. The van der Waals surface area contributed by atoms with E-state index in [9.17, 15) is 36.5 Å². The van der Waals surface area contributed by atoms with Gasteiger partial charge in [-0.3, -0.25) is 10.1 Å². The highest BCUT2D eigenvalue weighted by atomic mass is 19.4. The molecule has 0 radical (unpaired) electrons. The molecular formula is C10H8F6N2O3. The molecule has 0 amide bonds. The Morgan fingerprint density at radius 2 is 1.71 bits per heavy atom. The molecule has 0 aliphatic rings. The fourth-order valence-corrected chi connectivity index (χ4v) is 1.43. The first-order valence-corrected chi connectivity index (χ1v) is 5.21. The van der Waals surface area contributed by atoms with E-state index in [0.717, 1.165) is 18.2 Å². The Labute approximate surface area is 113 Å². The Bertz CT molecular complexity index is 515. The molecule has 118 valence electrons. The summed E-state index contributed by atoms with van der Waals surface area (Å²) in [7, 11) is 0. The predicted octanol–water partition coefficient (Wildman–Crippen LogP) is 3.19. The molecule has 2 N–H and O–H groups in total. The maximum absolute atomic E-state index is 12.2. The topological polar surface area (TPSA) is 78.4 Å². The Kier molecular flexibility index (Phi) is 4.66. The lowest BCUT2D eigenvalue weighted by atomic mass is 10.1. The molecule has 0 atom stereocenters. The van der Waals surface area contributed by atoms with E-state index in [1.165, 1.54) is 0 Å². The fourth-order valence-electron chi connectivity index (χ4n) is 1.43. The summed E-state index contributed by atoms with van der Waals surface area (Å²) in [6, 6.07) is 3.07. The maximum atomic E-state index is 12.2. The Morgan fingerprint density at radius 3 is 2.14 bits per heavy atom. The van der Waals surface area contributed by atoms with Gasteiger partial charge in [0.1, 0.15) is 5.69 Å². The number of ether oxygens (including phenoxy) is 1. The third-order valence-electron chi connectivity index (χ3n) is 2.37. The molecule has 0 aromatic heterocycles. The predicted molar refractivity (Wildman–Crippen MR) is 58.2 cm³/mol. The van der Waals surface area contributed by atoms with E-state index in [2.05, 4.69) is 4.74 Å². The van der Waals surface area contributed by atoms with Gasteiger partial charge in [-0.2, -0.15) is 26.3 Å². The zero-order valence-electron chi connectivity index (χ0n) is 10.0. The monoisotopic (exact) mass is 318 g/mol. The number of nitrogens with zero attached hydrogens (tertiary/aromatic N) is 1. The van der Waals surface area contributed by atoms with Gasteiger partial charge in [-0.05, 0) is 0 Å². The quantitative estimate of drug-likeness (QED) is 0.400. The lowest BCUT2D eigenvalue weighted by Crippen LogP contribution is -2.44. The molecule has 1 aromatic rings. The summed E-state index contributed by atoms with van der Waals surface area (Å²) in [4.78, 5) is 9.64. The van der Waals surface area contributed by atoms with Crippen LogP contribution in [0.4, 0.5) is 37.7 Å². The maximum Gasteiger partial charge on any atom is 0.423 e. The number of hydrogen-bond donors (Lipinski definition) is 1. The zero-order chi connectivity index (χ0) is 16.4. The lowest BCUT2D eigenvalue weighted by molar-refractivity contribution is -0.384. The number of para-hydroxylation sites is 1. The summed E-state index contributed by atoms with van der Waals surface area (Å²) >= 11 is 0. The van der Waals surface area contributed by atoms with Crippen LogP contribution in [0.1, 0.15) is 5.56 Å². The number of anilines is 1. The summed E-state index contributed by atoms with van der Waals surface area (Å²) in [5.74, 6) is 0. The first kappa shape index (κ1) is 17.0. The highest BCUT2D eigenvalue weighted by Crippen LogP contribution is 2.36. The molecular weight excluding hydrogens is 310 g/mol. The van der Waals surface area contributed by atoms with Crippen LogP contribution in [-0.2, 0) is 11.3 Å². The van der Waals surface area contributed by atoms with Crippen molar-refractivity contribution in [2.75, 3.05) is 5.73 Å². The summed E-state index contributed by atoms with van der Waals surface area (Å²) < 4.78 is 77.3. The number of hydrogen-bond acceptors (Lipinski definition) is 4. The van der Waals surface area contributed by atoms with Crippen LogP contribution in [-0.4, -0.2) is 23.4 Å². The summed E-state index contributed by atoms with van der Waals surface area (Å²) in [6.07, 6.45) is -15.3. The van der Waals surface area contributed by atoms with E-state index in [-0.39, 0.29) is 5.56 Å². The molecule has 0 saturated carbocycles. The highest BCUT2D eigenvalue weighted by Gasteiger charge is 2.58. The van der Waals surface area contributed by atoms with Gasteiger partial charge >= 0.3 is 12.4 Å². The Balaban J connectivity index is 2.97. The van der Waals surface area contributed by atoms with Crippen LogP contribution in [0, 0.1) is 10.1 Å². The minimum absolute atomic E-state index is 0.345. The standard InChI is InChI=1S/C10H8F6N2O3/c11-9(12,13)8(10(14,15)16)21-4-5-2-1-3-6(7(5)17)18(19)20/h1-3,8H,4,17H2. The van der Waals surface area contributed by atoms with E-state index in [1.807, 2.05) is 0 Å². The van der Waals surface area contributed by atoms with E-state index in [1.54, 1.807) is 0 Å². The first-order valence-electron chi connectivity index (χ1n) is 5.21. The number of nitrogens with two attached hydrogens (primary N) is 1. The summed E-state index contributed by atoms with van der Waals surface area (Å²) in [5, 5.41) is 10.6. The molecule has 0 heterocycles. The molecule has 11 heteroatoms. The highest BCUT2D eigenvalue weighted by molar-refractivity contribution is 5.62. The number of benzene rings is 1. The van der Waals surface area contributed by atoms with Crippen LogP contribution in [0.25, 0.3) is 0 Å². The summed E-state index contributed by atoms with van der Waals surface area (Å²) in [6.45, 7) is -1.17. The average molecular weight is 318 g/mol. The van der Waals surface area contributed by atoms with Crippen LogP contribution in [0.2, 0.25) is 0 Å². The third kappa shape index (κ3) is 4.21. The van der Waals surface area contributed by atoms with Crippen molar-refractivity contribution in [3.63, 3.8) is 0 Å². The van der Waals surface area contributed by atoms with Crippen LogP contribution in [0.5, 0.6) is 0 Å². The largest absolute Gasteiger partial charge is 0.423 e. The minimum Gasteiger partial charge on any atom is -0.393 e. The first-order chi connectivity index (χ1) is 9.44. The van der Waals surface area contributed by atoms with E-state index in [0.29, 0.717) is 0 Å². The second kappa shape index (κ2) is 5.76. The number of alkyl halides is 6. The van der Waals surface area contributed by atoms with Crippen LogP contribution in [0.15, 0.2) is 18.2 Å². The van der Waals surface area contributed by atoms with Crippen molar-refractivity contribution in [2.24, 2.45) is 0 Å². The van der Waals surface area contributed by atoms with Crippen molar-refractivity contribution in [1.82, 2.24) is 0 Å². The van der Waals surface area contributed by atoms with Gasteiger partial charge in [0, 0.05) is 11.6 Å². The zero-order valence-corrected chi connectivity index (χ0v) is 10.0. The molecule has 21 heavy (non-hydrogen) atoms. The molecule has 1 rings (SSSR count). The van der Waals surface area contributed by atoms with Crippen molar-refractivity contribution in [2.45, 2.75) is 25.1 Å². The van der Waals surface area contributed by atoms with Gasteiger partial charge in [0.2, 0.25) is 6.10 Å². The van der Waals surface area contributed by atoms with Crippen LogP contribution in [0.3, 0.4) is 0 Å². The second-order valence-electron chi connectivity index (χ2n) is 3.88. The third-order valence-corrected chi connectivity index (χ3v) is 2.37. The van der Waals surface area contributed by atoms with Crippen molar-refractivity contribution >= 4 is 11.4 Å². The smallest absolute Gasteiger partial charge is 0.393 e. The van der Waals surface area contributed by atoms with Gasteiger partial charge in [0.05, 0.1) is 11.5 Å². The van der Waals surface area contributed by atoms with Crippen molar-refractivity contribution in [1.29, 1.82) is 0 Å². The number of rotatable bonds is 4. The SMILES string of the molecule is Nc1c(COC(C(F)(F)F)C(F)(F)F)cccc1[N+](=O)[O-]. The van der Waals surface area contributed by atoms with Crippen LogP contribution < -0.4 is 5.73 Å². The van der Waals surface area contributed by atoms with Gasteiger partial charge in [-0.15, -0.1) is 0 Å². The number of nitro groups is 1. The molecule has 0 fully saturated rings. The molecule has 1 aromatic carbocycles. The van der Waals surface area contributed by atoms with Gasteiger partial charge in [0.15, 0.2) is 0 Å². The van der Waals surface area contributed by atoms with E-state index >= 15 is 0 Å². The van der Waals surface area contributed by atoms with Crippen molar-refractivity contribution < 1.29 is 36.0 Å². The molecule has 0 spiro atoms. The van der Waals surface area contributed by atoms with Gasteiger partial charge in [-0.1, -0.05) is 12.1 Å². The molecule has 0 aliphatic carbocycles. The minimum atomic E-state index is -5.66. The molecule has 5 nitrogen and oxygen atoms in total. The number of nitrogen functional groups attached to an aromatic ring is 1. The fraction of sp³-hybridized carbons (Fsp3) is 0.400. The van der Waals surface area contributed by atoms with Crippen LogP contribution >= 0.6 is 0 Å². The summed E-state index contributed by atoms with van der Waals surface area (Å²) in [5.41, 5.74) is 3.78.